The van der Waals surface area contributed by atoms with Gasteiger partial charge in [-0.15, -0.1) is 0 Å². The maximum atomic E-state index is 13.4. The third kappa shape index (κ3) is 2.57. The zero-order chi connectivity index (χ0) is 10.9. The second kappa shape index (κ2) is 3.93. The Balaban J connectivity index is 2.02. The van der Waals surface area contributed by atoms with Gasteiger partial charge in [-0.3, -0.25) is 0 Å². The van der Waals surface area contributed by atoms with Crippen molar-refractivity contribution in [1.82, 2.24) is 5.32 Å². The van der Waals surface area contributed by atoms with Gasteiger partial charge in [-0.25, -0.2) is 4.39 Å². The van der Waals surface area contributed by atoms with Crippen LogP contribution in [0.3, 0.4) is 0 Å². The highest BCUT2D eigenvalue weighted by Crippen LogP contribution is 2.26. The molecule has 0 saturated carbocycles. The standard InChI is InChI=1S/C13H18FN/c1-13(2)8-10(9-15-13)7-11-5-3-4-6-12(11)14/h3-6,10,15H,7-9H2,1-2H3. The number of hydrogen-bond acceptors (Lipinski definition) is 1. The highest BCUT2D eigenvalue weighted by atomic mass is 19.1. The van der Waals surface area contributed by atoms with Gasteiger partial charge in [0.25, 0.3) is 0 Å². The Morgan fingerprint density at radius 1 is 1.40 bits per heavy atom. The van der Waals surface area contributed by atoms with Gasteiger partial charge in [0.1, 0.15) is 5.82 Å². The molecule has 0 amide bonds. The Bertz CT molecular complexity index is 346. The summed E-state index contributed by atoms with van der Waals surface area (Å²) >= 11 is 0. The molecule has 1 heterocycles. The van der Waals surface area contributed by atoms with Crippen LogP contribution in [0.25, 0.3) is 0 Å². The maximum absolute atomic E-state index is 13.4. The Hall–Kier alpha value is -0.890. The molecule has 1 fully saturated rings. The van der Waals surface area contributed by atoms with Gasteiger partial charge in [-0.1, -0.05) is 18.2 Å². The van der Waals surface area contributed by atoms with Gasteiger partial charge >= 0.3 is 0 Å². The van der Waals surface area contributed by atoms with Crippen LogP contribution < -0.4 is 5.32 Å². The van der Waals surface area contributed by atoms with Crippen LogP contribution in [0.4, 0.5) is 4.39 Å². The Labute approximate surface area is 90.7 Å². The van der Waals surface area contributed by atoms with Crippen molar-refractivity contribution in [3.8, 4) is 0 Å². The van der Waals surface area contributed by atoms with Crippen LogP contribution >= 0.6 is 0 Å². The summed E-state index contributed by atoms with van der Waals surface area (Å²) in [4.78, 5) is 0. The molecule has 2 heteroatoms. The van der Waals surface area contributed by atoms with Gasteiger partial charge in [-0.2, -0.15) is 0 Å². The molecule has 1 aromatic carbocycles. The first-order chi connectivity index (χ1) is 7.07. The molecule has 1 atom stereocenters. The van der Waals surface area contributed by atoms with Crippen molar-refractivity contribution in [1.29, 1.82) is 0 Å². The normalized spacial score (nSPS) is 24.3. The van der Waals surface area contributed by atoms with Gasteiger partial charge in [0.05, 0.1) is 0 Å². The van der Waals surface area contributed by atoms with Crippen LogP contribution in [-0.4, -0.2) is 12.1 Å². The summed E-state index contributed by atoms with van der Waals surface area (Å²) < 4.78 is 13.4. The number of nitrogens with one attached hydrogen (secondary N) is 1. The third-order valence-electron chi connectivity index (χ3n) is 3.13. The minimum absolute atomic E-state index is 0.0674. The minimum Gasteiger partial charge on any atom is -0.311 e. The average molecular weight is 207 g/mol. The fourth-order valence-corrected chi connectivity index (χ4v) is 2.41. The highest BCUT2D eigenvalue weighted by Gasteiger charge is 2.30. The Morgan fingerprint density at radius 2 is 2.13 bits per heavy atom. The predicted octanol–water partition coefficient (Wildman–Crippen LogP) is 2.76. The molecule has 82 valence electrons. The Morgan fingerprint density at radius 3 is 2.73 bits per heavy atom. The van der Waals surface area contributed by atoms with Gasteiger partial charge in [0.2, 0.25) is 0 Å². The van der Waals surface area contributed by atoms with E-state index in [1.54, 1.807) is 12.1 Å². The van der Waals surface area contributed by atoms with E-state index in [0.29, 0.717) is 5.92 Å². The first kappa shape index (κ1) is 10.6. The van der Waals surface area contributed by atoms with Gasteiger partial charge in [-0.05, 0) is 50.8 Å². The lowest BCUT2D eigenvalue weighted by Gasteiger charge is -2.17. The first-order valence-corrected chi connectivity index (χ1v) is 5.55. The van der Waals surface area contributed by atoms with Crippen molar-refractivity contribution in [3.05, 3.63) is 35.6 Å². The van der Waals surface area contributed by atoms with Crippen LogP contribution in [0.15, 0.2) is 24.3 Å². The second-order valence-electron chi connectivity index (χ2n) is 5.13. The van der Waals surface area contributed by atoms with E-state index in [9.17, 15) is 4.39 Å². The summed E-state index contributed by atoms with van der Waals surface area (Å²) in [6.07, 6.45) is 1.98. The average Bonchev–Trinajstić information content (AvgIpc) is 2.50. The fraction of sp³-hybridized carbons (Fsp3) is 0.538. The molecule has 1 nitrogen and oxygen atoms in total. The van der Waals surface area contributed by atoms with E-state index >= 15 is 0 Å². The lowest BCUT2D eigenvalue weighted by Crippen LogP contribution is -2.31. The summed E-state index contributed by atoms with van der Waals surface area (Å²) in [5.41, 5.74) is 1.07. The van der Waals surface area contributed by atoms with Crippen LogP contribution in [0.2, 0.25) is 0 Å². The quantitative estimate of drug-likeness (QED) is 0.786. The van der Waals surface area contributed by atoms with Gasteiger partial charge < -0.3 is 5.32 Å². The summed E-state index contributed by atoms with van der Waals surface area (Å²) in [6.45, 7) is 5.41. The van der Waals surface area contributed by atoms with E-state index in [0.717, 1.165) is 24.9 Å². The molecule has 1 aliphatic heterocycles. The molecule has 1 N–H and O–H groups in total. The smallest absolute Gasteiger partial charge is 0.126 e. The molecule has 1 aliphatic rings. The summed E-state index contributed by atoms with van der Waals surface area (Å²) in [5, 5.41) is 3.46. The molecule has 0 bridgehead atoms. The summed E-state index contributed by atoms with van der Waals surface area (Å²) in [5.74, 6) is 0.499. The number of benzene rings is 1. The summed E-state index contributed by atoms with van der Waals surface area (Å²) in [7, 11) is 0. The third-order valence-corrected chi connectivity index (χ3v) is 3.13. The molecule has 1 saturated heterocycles. The van der Waals surface area contributed by atoms with Crippen molar-refractivity contribution < 1.29 is 4.39 Å². The summed E-state index contributed by atoms with van der Waals surface area (Å²) in [6, 6.07) is 7.09. The molecule has 0 aliphatic carbocycles. The predicted molar refractivity (Wildman–Crippen MR) is 60.3 cm³/mol. The van der Waals surface area contributed by atoms with E-state index in [1.165, 1.54) is 0 Å². The van der Waals surface area contributed by atoms with E-state index in [-0.39, 0.29) is 11.4 Å². The minimum atomic E-state index is -0.0674. The van der Waals surface area contributed by atoms with Crippen LogP contribution in [0.1, 0.15) is 25.8 Å². The molecule has 1 unspecified atom stereocenters. The zero-order valence-corrected chi connectivity index (χ0v) is 9.39. The molecule has 15 heavy (non-hydrogen) atoms. The van der Waals surface area contributed by atoms with E-state index in [1.807, 2.05) is 12.1 Å². The van der Waals surface area contributed by atoms with E-state index in [2.05, 4.69) is 19.2 Å². The molecular weight excluding hydrogens is 189 g/mol. The first-order valence-electron chi connectivity index (χ1n) is 5.55. The second-order valence-corrected chi connectivity index (χ2v) is 5.13. The molecule has 2 rings (SSSR count). The fourth-order valence-electron chi connectivity index (χ4n) is 2.41. The lowest BCUT2D eigenvalue weighted by molar-refractivity contribution is 0.438. The zero-order valence-electron chi connectivity index (χ0n) is 9.39. The van der Waals surface area contributed by atoms with E-state index in [4.69, 9.17) is 0 Å². The Kier molecular flexibility index (Phi) is 2.79. The van der Waals surface area contributed by atoms with Crippen molar-refractivity contribution >= 4 is 0 Å². The molecule has 0 aromatic heterocycles. The highest BCUT2D eigenvalue weighted by molar-refractivity contribution is 5.18. The number of rotatable bonds is 2. The van der Waals surface area contributed by atoms with Crippen molar-refractivity contribution in [2.45, 2.75) is 32.2 Å². The van der Waals surface area contributed by atoms with Crippen molar-refractivity contribution in [2.24, 2.45) is 5.92 Å². The lowest BCUT2D eigenvalue weighted by atomic mass is 9.92. The monoisotopic (exact) mass is 207 g/mol. The van der Waals surface area contributed by atoms with Gasteiger partial charge in [0.15, 0.2) is 0 Å². The number of halogens is 1. The van der Waals surface area contributed by atoms with Crippen LogP contribution in [-0.2, 0) is 6.42 Å². The molecular formula is C13H18FN. The molecule has 0 radical (unpaired) electrons. The molecule has 1 aromatic rings. The van der Waals surface area contributed by atoms with Crippen molar-refractivity contribution in [2.75, 3.05) is 6.54 Å². The largest absolute Gasteiger partial charge is 0.311 e. The molecule has 0 spiro atoms. The SMILES string of the molecule is CC1(C)CC(Cc2ccccc2F)CN1. The topological polar surface area (TPSA) is 12.0 Å². The maximum Gasteiger partial charge on any atom is 0.126 e. The van der Waals surface area contributed by atoms with Gasteiger partial charge in [0, 0.05) is 5.54 Å². The van der Waals surface area contributed by atoms with Crippen LogP contribution in [0, 0.1) is 11.7 Å². The number of hydrogen-bond donors (Lipinski definition) is 1. The van der Waals surface area contributed by atoms with E-state index < -0.39 is 0 Å². The van der Waals surface area contributed by atoms with Crippen molar-refractivity contribution in [3.63, 3.8) is 0 Å². The van der Waals surface area contributed by atoms with Crippen LogP contribution in [0.5, 0.6) is 0 Å².